The van der Waals surface area contributed by atoms with Gasteiger partial charge in [-0.05, 0) is 38.4 Å². The number of likely N-dealkylation sites (N-methyl/N-ethyl adjacent to an activating group) is 1. The molecule has 2 N–H and O–H groups in total. The molecule has 0 amide bonds. The number of nitrogens with one attached hydrogen (secondary N) is 1. The molecule has 4 nitrogen and oxygen atoms in total. The smallest absolute Gasteiger partial charge is 0.125 e. The molecule has 1 heterocycles. The number of hydrogen-bond acceptors (Lipinski definition) is 4. The highest BCUT2D eigenvalue weighted by molar-refractivity contribution is 5.35. The van der Waals surface area contributed by atoms with Gasteiger partial charge in [0.1, 0.15) is 5.82 Å². The van der Waals surface area contributed by atoms with Gasteiger partial charge in [-0.2, -0.15) is 0 Å². The standard InChI is InChI=1S/C15H25N3O/c1-3-16-15-9-8-12(10-17-15)11-18(2)13-6-4-5-7-14(13)19/h8-10,13-14,19H,3-7,11H2,1-2H3,(H,16,17). The first-order chi connectivity index (χ1) is 9.20. The second-order valence-electron chi connectivity index (χ2n) is 5.42. The summed E-state index contributed by atoms with van der Waals surface area (Å²) in [5.74, 6) is 0.923. The van der Waals surface area contributed by atoms with E-state index in [2.05, 4.69) is 35.2 Å². The van der Waals surface area contributed by atoms with Crippen LogP contribution in [0, 0.1) is 0 Å². The highest BCUT2D eigenvalue weighted by Gasteiger charge is 2.26. The fraction of sp³-hybridized carbons (Fsp3) is 0.667. The minimum atomic E-state index is -0.173. The van der Waals surface area contributed by atoms with Gasteiger partial charge in [0, 0.05) is 25.3 Å². The summed E-state index contributed by atoms with van der Waals surface area (Å²) in [4.78, 5) is 6.64. The van der Waals surface area contributed by atoms with Crippen LogP contribution >= 0.6 is 0 Å². The van der Waals surface area contributed by atoms with Crippen molar-refractivity contribution in [3.63, 3.8) is 0 Å². The predicted molar refractivity (Wildman–Crippen MR) is 78.1 cm³/mol. The summed E-state index contributed by atoms with van der Waals surface area (Å²) in [5, 5.41) is 13.3. The first kappa shape index (κ1) is 14.3. The number of anilines is 1. The molecule has 19 heavy (non-hydrogen) atoms. The summed E-state index contributed by atoms with van der Waals surface area (Å²) in [6, 6.07) is 4.42. The van der Waals surface area contributed by atoms with Gasteiger partial charge in [-0.25, -0.2) is 4.98 Å². The quantitative estimate of drug-likeness (QED) is 0.855. The third kappa shape index (κ3) is 3.91. The molecule has 0 saturated heterocycles. The van der Waals surface area contributed by atoms with Crippen LogP contribution in [-0.2, 0) is 6.54 Å². The summed E-state index contributed by atoms with van der Waals surface area (Å²) in [5.41, 5.74) is 1.20. The largest absolute Gasteiger partial charge is 0.391 e. The van der Waals surface area contributed by atoms with Crippen LogP contribution in [0.1, 0.15) is 38.2 Å². The van der Waals surface area contributed by atoms with Crippen molar-refractivity contribution >= 4 is 5.82 Å². The number of aliphatic hydroxyl groups is 1. The minimum absolute atomic E-state index is 0.173. The molecular formula is C15H25N3O. The fourth-order valence-corrected chi connectivity index (χ4v) is 2.81. The van der Waals surface area contributed by atoms with Gasteiger partial charge in [-0.3, -0.25) is 4.90 Å². The van der Waals surface area contributed by atoms with Crippen LogP contribution in [-0.4, -0.2) is 40.7 Å². The third-order valence-electron chi connectivity index (χ3n) is 3.87. The normalized spacial score (nSPS) is 23.6. The zero-order valence-electron chi connectivity index (χ0n) is 12.0. The minimum Gasteiger partial charge on any atom is -0.391 e. The lowest BCUT2D eigenvalue weighted by molar-refractivity contribution is 0.0288. The van der Waals surface area contributed by atoms with Gasteiger partial charge < -0.3 is 10.4 Å². The Kier molecular flexibility index (Phi) is 5.16. The number of nitrogens with zero attached hydrogens (tertiary/aromatic N) is 2. The van der Waals surface area contributed by atoms with Crippen LogP contribution in [0.5, 0.6) is 0 Å². The Morgan fingerprint density at radius 2 is 2.16 bits per heavy atom. The second-order valence-corrected chi connectivity index (χ2v) is 5.42. The van der Waals surface area contributed by atoms with Crippen LogP contribution in [0.15, 0.2) is 18.3 Å². The van der Waals surface area contributed by atoms with Crippen molar-refractivity contribution in [3.05, 3.63) is 23.9 Å². The summed E-state index contributed by atoms with van der Waals surface area (Å²) in [6.45, 7) is 3.80. The van der Waals surface area contributed by atoms with E-state index in [1.807, 2.05) is 12.3 Å². The Hall–Kier alpha value is -1.13. The zero-order chi connectivity index (χ0) is 13.7. The Morgan fingerprint density at radius 3 is 2.79 bits per heavy atom. The van der Waals surface area contributed by atoms with Crippen molar-refractivity contribution in [2.24, 2.45) is 0 Å². The number of aliphatic hydroxyl groups excluding tert-OH is 1. The molecular weight excluding hydrogens is 238 g/mol. The third-order valence-corrected chi connectivity index (χ3v) is 3.87. The van der Waals surface area contributed by atoms with Crippen LogP contribution < -0.4 is 5.32 Å². The van der Waals surface area contributed by atoms with E-state index < -0.39 is 0 Å². The van der Waals surface area contributed by atoms with Gasteiger partial charge in [0.25, 0.3) is 0 Å². The van der Waals surface area contributed by atoms with Crippen molar-refractivity contribution < 1.29 is 5.11 Å². The first-order valence-electron chi connectivity index (χ1n) is 7.28. The van der Waals surface area contributed by atoms with E-state index >= 15 is 0 Å². The molecule has 1 aliphatic carbocycles. The number of pyridine rings is 1. The summed E-state index contributed by atoms with van der Waals surface area (Å²) >= 11 is 0. The second kappa shape index (κ2) is 6.87. The molecule has 1 aromatic heterocycles. The van der Waals surface area contributed by atoms with Crippen LogP contribution in [0.2, 0.25) is 0 Å². The van der Waals surface area contributed by atoms with Crippen LogP contribution in [0.3, 0.4) is 0 Å². The molecule has 1 aromatic rings. The lowest BCUT2D eigenvalue weighted by atomic mass is 9.91. The highest BCUT2D eigenvalue weighted by Crippen LogP contribution is 2.23. The molecule has 4 heteroatoms. The molecule has 0 bridgehead atoms. The van der Waals surface area contributed by atoms with Crippen molar-refractivity contribution in [2.75, 3.05) is 18.9 Å². The SMILES string of the molecule is CCNc1ccc(CN(C)C2CCCCC2O)cn1. The summed E-state index contributed by atoms with van der Waals surface area (Å²) in [6.07, 6.45) is 6.16. The molecule has 1 saturated carbocycles. The molecule has 0 aliphatic heterocycles. The molecule has 2 unspecified atom stereocenters. The average Bonchev–Trinajstić information content (AvgIpc) is 2.42. The van der Waals surface area contributed by atoms with Crippen LogP contribution in [0.25, 0.3) is 0 Å². The van der Waals surface area contributed by atoms with E-state index in [-0.39, 0.29) is 6.10 Å². The van der Waals surface area contributed by atoms with E-state index in [4.69, 9.17) is 0 Å². The monoisotopic (exact) mass is 263 g/mol. The lowest BCUT2D eigenvalue weighted by Gasteiger charge is -2.35. The highest BCUT2D eigenvalue weighted by atomic mass is 16.3. The van der Waals surface area contributed by atoms with Gasteiger partial charge in [-0.1, -0.05) is 18.9 Å². The maximum Gasteiger partial charge on any atom is 0.125 e. The lowest BCUT2D eigenvalue weighted by Crippen LogP contribution is -2.42. The topological polar surface area (TPSA) is 48.4 Å². The molecule has 2 rings (SSSR count). The van der Waals surface area contributed by atoms with Crippen molar-refractivity contribution in [1.82, 2.24) is 9.88 Å². The Morgan fingerprint density at radius 1 is 1.37 bits per heavy atom. The van der Waals surface area contributed by atoms with Gasteiger partial charge >= 0.3 is 0 Å². The van der Waals surface area contributed by atoms with E-state index in [0.717, 1.165) is 38.2 Å². The van der Waals surface area contributed by atoms with E-state index in [1.165, 1.54) is 12.0 Å². The van der Waals surface area contributed by atoms with Gasteiger partial charge in [0.05, 0.1) is 6.10 Å². The predicted octanol–water partition coefficient (Wildman–Crippen LogP) is 2.25. The van der Waals surface area contributed by atoms with Gasteiger partial charge in [0.15, 0.2) is 0 Å². The van der Waals surface area contributed by atoms with Crippen LogP contribution in [0.4, 0.5) is 5.82 Å². The number of aromatic nitrogens is 1. The van der Waals surface area contributed by atoms with Gasteiger partial charge in [0.2, 0.25) is 0 Å². The summed E-state index contributed by atoms with van der Waals surface area (Å²) in [7, 11) is 2.09. The fourth-order valence-electron chi connectivity index (χ4n) is 2.81. The molecule has 1 fully saturated rings. The molecule has 0 aromatic carbocycles. The maximum atomic E-state index is 10.1. The molecule has 106 valence electrons. The van der Waals surface area contributed by atoms with Crippen molar-refractivity contribution in [1.29, 1.82) is 0 Å². The van der Waals surface area contributed by atoms with E-state index in [1.54, 1.807) is 0 Å². The first-order valence-corrected chi connectivity index (χ1v) is 7.28. The number of rotatable bonds is 5. The summed E-state index contributed by atoms with van der Waals surface area (Å²) < 4.78 is 0. The van der Waals surface area contributed by atoms with Gasteiger partial charge in [-0.15, -0.1) is 0 Å². The average molecular weight is 263 g/mol. The Bertz CT molecular complexity index is 379. The molecule has 0 spiro atoms. The molecule has 2 atom stereocenters. The zero-order valence-corrected chi connectivity index (χ0v) is 12.0. The Labute approximate surface area is 115 Å². The van der Waals surface area contributed by atoms with Crippen molar-refractivity contribution in [2.45, 2.75) is 51.3 Å². The van der Waals surface area contributed by atoms with E-state index in [9.17, 15) is 5.11 Å². The Balaban J connectivity index is 1.92. The van der Waals surface area contributed by atoms with E-state index in [0.29, 0.717) is 6.04 Å². The van der Waals surface area contributed by atoms with Crippen molar-refractivity contribution in [3.8, 4) is 0 Å². The maximum absolute atomic E-state index is 10.1. The molecule has 0 radical (unpaired) electrons. The molecule has 1 aliphatic rings. The number of hydrogen-bond donors (Lipinski definition) is 2.